The van der Waals surface area contributed by atoms with Gasteiger partial charge in [0.25, 0.3) is 5.91 Å². The summed E-state index contributed by atoms with van der Waals surface area (Å²) in [6.07, 6.45) is 2.65. The number of aryl methyl sites for hydroxylation is 1. The molecule has 1 atom stereocenters. The van der Waals surface area contributed by atoms with Crippen LogP contribution in [0.3, 0.4) is 0 Å². The minimum Gasteiger partial charge on any atom is -0.452 e. The molecule has 0 bridgehead atoms. The second-order valence-electron chi connectivity index (χ2n) is 6.42. The number of carbonyl (C=O) groups excluding carboxylic acids is 2. The molecule has 1 unspecified atom stereocenters. The Morgan fingerprint density at radius 1 is 1.33 bits per heavy atom. The lowest BCUT2D eigenvalue weighted by molar-refractivity contribution is -0.144. The molecule has 9 heteroatoms. The van der Waals surface area contributed by atoms with Gasteiger partial charge in [0.15, 0.2) is 6.61 Å². The SMILES string of the molecule is Cc1nn(-c2ccc(F)cc2)c(Cl)c1/C=C/C(=O)OCC(=O)NC(C)c1cccs1. The van der Waals surface area contributed by atoms with E-state index in [0.717, 1.165) is 4.88 Å². The Balaban J connectivity index is 1.58. The maximum Gasteiger partial charge on any atom is 0.331 e. The van der Waals surface area contributed by atoms with Gasteiger partial charge in [-0.05, 0) is 55.6 Å². The molecule has 156 valence electrons. The Hall–Kier alpha value is -2.97. The summed E-state index contributed by atoms with van der Waals surface area (Å²) < 4.78 is 19.5. The number of rotatable bonds is 7. The van der Waals surface area contributed by atoms with Gasteiger partial charge >= 0.3 is 5.97 Å². The van der Waals surface area contributed by atoms with Gasteiger partial charge in [0.05, 0.1) is 17.4 Å². The molecule has 0 aliphatic heterocycles. The van der Waals surface area contributed by atoms with Gasteiger partial charge in [0.1, 0.15) is 11.0 Å². The number of hydrogen-bond donors (Lipinski definition) is 1. The van der Waals surface area contributed by atoms with E-state index in [9.17, 15) is 14.0 Å². The summed E-state index contributed by atoms with van der Waals surface area (Å²) >= 11 is 7.90. The second-order valence-corrected chi connectivity index (χ2v) is 7.76. The van der Waals surface area contributed by atoms with Crippen molar-refractivity contribution in [2.45, 2.75) is 19.9 Å². The Bertz CT molecular complexity index is 1060. The molecule has 0 aliphatic carbocycles. The molecule has 30 heavy (non-hydrogen) atoms. The van der Waals surface area contributed by atoms with Crippen LogP contribution in [0.15, 0.2) is 47.9 Å². The fourth-order valence-corrected chi connectivity index (χ4v) is 3.75. The highest BCUT2D eigenvalue weighted by Gasteiger charge is 2.14. The number of aromatic nitrogens is 2. The van der Waals surface area contributed by atoms with Crippen LogP contribution >= 0.6 is 22.9 Å². The summed E-state index contributed by atoms with van der Waals surface area (Å²) in [5.41, 5.74) is 1.69. The first-order valence-corrected chi connectivity index (χ1v) is 10.3. The van der Waals surface area contributed by atoms with E-state index >= 15 is 0 Å². The van der Waals surface area contributed by atoms with Crippen LogP contribution in [0.1, 0.15) is 29.1 Å². The van der Waals surface area contributed by atoms with Crippen LogP contribution in [0.5, 0.6) is 0 Å². The van der Waals surface area contributed by atoms with Gasteiger partial charge in [-0.25, -0.2) is 13.9 Å². The zero-order chi connectivity index (χ0) is 21.7. The summed E-state index contributed by atoms with van der Waals surface area (Å²) in [6.45, 7) is 3.20. The molecule has 1 N–H and O–H groups in total. The highest BCUT2D eigenvalue weighted by molar-refractivity contribution is 7.10. The Kier molecular flexibility index (Phi) is 7.02. The van der Waals surface area contributed by atoms with Gasteiger partial charge in [-0.3, -0.25) is 4.79 Å². The van der Waals surface area contributed by atoms with Crippen molar-refractivity contribution in [1.82, 2.24) is 15.1 Å². The molecule has 0 saturated carbocycles. The number of nitrogens with one attached hydrogen (secondary N) is 1. The lowest BCUT2D eigenvalue weighted by Gasteiger charge is -2.11. The highest BCUT2D eigenvalue weighted by Crippen LogP contribution is 2.25. The number of carbonyl (C=O) groups is 2. The molecule has 0 radical (unpaired) electrons. The highest BCUT2D eigenvalue weighted by atomic mass is 35.5. The van der Waals surface area contributed by atoms with E-state index in [-0.39, 0.29) is 23.6 Å². The van der Waals surface area contributed by atoms with Gasteiger partial charge in [-0.1, -0.05) is 17.7 Å². The van der Waals surface area contributed by atoms with Crippen LogP contribution in [-0.2, 0) is 14.3 Å². The minimum atomic E-state index is -0.682. The van der Waals surface area contributed by atoms with Crippen LogP contribution in [0.4, 0.5) is 4.39 Å². The monoisotopic (exact) mass is 447 g/mol. The molecule has 2 heterocycles. The van der Waals surface area contributed by atoms with Gasteiger partial charge in [0, 0.05) is 16.5 Å². The van der Waals surface area contributed by atoms with Crippen LogP contribution in [-0.4, -0.2) is 28.3 Å². The quantitative estimate of drug-likeness (QED) is 0.428. The van der Waals surface area contributed by atoms with Gasteiger partial charge in [0.2, 0.25) is 0 Å². The van der Waals surface area contributed by atoms with E-state index in [1.165, 1.54) is 40.3 Å². The molecule has 3 rings (SSSR count). The van der Waals surface area contributed by atoms with Crippen molar-refractivity contribution in [3.63, 3.8) is 0 Å². The van der Waals surface area contributed by atoms with Crippen molar-refractivity contribution >= 4 is 40.9 Å². The number of amides is 1. The third kappa shape index (κ3) is 5.34. The average molecular weight is 448 g/mol. The van der Waals surface area contributed by atoms with E-state index in [0.29, 0.717) is 16.9 Å². The standard InChI is InChI=1S/C21H19ClFN3O3S/c1-13-17(21(22)26(25-13)16-7-5-15(23)6-8-16)9-10-20(28)29-12-19(27)24-14(2)18-4-3-11-30-18/h3-11,14H,12H2,1-2H3,(H,24,27)/b10-9+. The summed E-state index contributed by atoms with van der Waals surface area (Å²) in [5.74, 6) is -1.44. The van der Waals surface area contributed by atoms with Crippen LogP contribution in [0.25, 0.3) is 11.8 Å². The van der Waals surface area contributed by atoms with E-state index < -0.39 is 11.9 Å². The average Bonchev–Trinajstić information content (AvgIpc) is 3.34. The van der Waals surface area contributed by atoms with Crippen molar-refractivity contribution in [1.29, 1.82) is 0 Å². The van der Waals surface area contributed by atoms with Crippen molar-refractivity contribution in [3.8, 4) is 5.69 Å². The molecule has 1 amide bonds. The van der Waals surface area contributed by atoms with Crippen molar-refractivity contribution in [2.24, 2.45) is 0 Å². The number of halogens is 2. The first-order chi connectivity index (χ1) is 14.3. The molecule has 0 fully saturated rings. The molecule has 0 aliphatic rings. The molecule has 1 aromatic carbocycles. The van der Waals surface area contributed by atoms with E-state index in [1.807, 2.05) is 24.4 Å². The first kappa shape index (κ1) is 21.7. The van der Waals surface area contributed by atoms with Gasteiger partial charge in [-0.15, -0.1) is 11.3 Å². The maximum absolute atomic E-state index is 13.1. The summed E-state index contributed by atoms with van der Waals surface area (Å²) in [7, 11) is 0. The van der Waals surface area contributed by atoms with Gasteiger partial charge < -0.3 is 10.1 Å². The third-order valence-corrected chi connectivity index (χ3v) is 5.62. The predicted octanol–water partition coefficient (Wildman–Crippen LogP) is 4.47. The maximum atomic E-state index is 13.1. The second kappa shape index (κ2) is 9.69. The fraction of sp³-hybridized carbons (Fsp3) is 0.190. The first-order valence-electron chi connectivity index (χ1n) is 9.04. The number of benzene rings is 1. The zero-order valence-electron chi connectivity index (χ0n) is 16.3. The topological polar surface area (TPSA) is 73.2 Å². The summed E-state index contributed by atoms with van der Waals surface area (Å²) in [5, 5.41) is 9.27. The molecule has 0 saturated heterocycles. The smallest absolute Gasteiger partial charge is 0.331 e. The van der Waals surface area contributed by atoms with Crippen molar-refractivity contribution < 1.29 is 18.7 Å². The number of hydrogen-bond acceptors (Lipinski definition) is 5. The number of ether oxygens (including phenoxy) is 1. The third-order valence-electron chi connectivity index (χ3n) is 4.20. The van der Waals surface area contributed by atoms with Crippen molar-refractivity contribution in [2.75, 3.05) is 6.61 Å². The number of nitrogens with zero attached hydrogens (tertiary/aromatic N) is 2. The summed E-state index contributed by atoms with van der Waals surface area (Å²) in [4.78, 5) is 24.9. The molecular formula is C21H19ClFN3O3S. The zero-order valence-corrected chi connectivity index (χ0v) is 17.8. The largest absolute Gasteiger partial charge is 0.452 e. The Morgan fingerprint density at radius 3 is 2.73 bits per heavy atom. The van der Waals surface area contributed by atoms with E-state index in [4.69, 9.17) is 16.3 Å². The molecule has 2 aromatic heterocycles. The molecule has 0 spiro atoms. The Morgan fingerprint density at radius 2 is 2.07 bits per heavy atom. The van der Waals surface area contributed by atoms with Crippen molar-refractivity contribution in [3.05, 3.63) is 75.0 Å². The minimum absolute atomic E-state index is 0.162. The predicted molar refractivity (Wildman–Crippen MR) is 114 cm³/mol. The van der Waals surface area contributed by atoms with Crippen LogP contribution in [0, 0.1) is 12.7 Å². The Labute approximate surface area is 181 Å². The normalized spacial score (nSPS) is 12.1. The van der Waals surface area contributed by atoms with E-state index in [2.05, 4.69) is 10.4 Å². The summed E-state index contributed by atoms with van der Waals surface area (Å²) in [6, 6.07) is 9.36. The molecule has 3 aromatic rings. The number of thiophene rings is 1. The molecule has 6 nitrogen and oxygen atoms in total. The van der Waals surface area contributed by atoms with E-state index in [1.54, 1.807) is 19.1 Å². The van der Waals surface area contributed by atoms with Crippen LogP contribution in [0.2, 0.25) is 5.15 Å². The van der Waals surface area contributed by atoms with Gasteiger partial charge in [-0.2, -0.15) is 5.10 Å². The lowest BCUT2D eigenvalue weighted by Crippen LogP contribution is -2.30. The fourth-order valence-electron chi connectivity index (χ4n) is 2.68. The number of esters is 1. The molecular weight excluding hydrogens is 429 g/mol. The lowest BCUT2D eigenvalue weighted by atomic mass is 10.2. The van der Waals surface area contributed by atoms with Crippen LogP contribution < -0.4 is 5.32 Å².